The molecule has 6 nitrogen and oxygen atoms in total. The van der Waals surface area contributed by atoms with Crippen LogP contribution in [0.4, 0.5) is 0 Å². The van der Waals surface area contributed by atoms with Gasteiger partial charge < -0.3 is 21.1 Å². The highest BCUT2D eigenvalue weighted by molar-refractivity contribution is 5.88. The van der Waals surface area contributed by atoms with Crippen LogP contribution < -0.4 is 16.4 Å². The minimum Gasteiger partial charge on any atom is -0.377 e. The van der Waals surface area contributed by atoms with Crippen molar-refractivity contribution in [3.8, 4) is 0 Å². The standard InChI is InChI=1S/C12H21N3O3/c1-8(2)10-3-4-11(16)14-5-6-18-7-9(13)12(17)15-10/h3-4,8-10H,5-7,13H2,1-2H3,(H,14,16)(H,15,17)/t9-,10+/m0/s1. The molecule has 1 heterocycles. The van der Waals surface area contributed by atoms with Crippen molar-refractivity contribution in [3.05, 3.63) is 12.2 Å². The number of carbonyl (C=O) groups is 2. The fourth-order valence-electron chi connectivity index (χ4n) is 1.49. The first-order valence-electron chi connectivity index (χ1n) is 6.10. The Morgan fingerprint density at radius 3 is 2.83 bits per heavy atom. The molecule has 1 aliphatic rings. The second-order valence-corrected chi connectivity index (χ2v) is 4.61. The Balaban J connectivity index is 2.76. The zero-order valence-corrected chi connectivity index (χ0v) is 10.8. The van der Waals surface area contributed by atoms with Crippen LogP contribution in [-0.2, 0) is 14.3 Å². The Hall–Kier alpha value is -1.40. The third-order valence-electron chi connectivity index (χ3n) is 2.66. The van der Waals surface area contributed by atoms with Crippen LogP contribution >= 0.6 is 0 Å². The molecule has 2 atom stereocenters. The molecule has 0 aromatic rings. The molecule has 0 bridgehead atoms. The predicted octanol–water partition coefficient (Wildman–Crippen LogP) is -0.843. The van der Waals surface area contributed by atoms with Gasteiger partial charge in [-0.2, -0.15) is 0 Å². The van der Waals surface area contributed by atoms with E-state index in [2.05, 4.69) is 10.6 Å². The van der Waals surface area contributed by atoms with Gasteiger partial charge in [0.25, 0.3) is 0 Å². The Morgan fingerprint density at radius 1 is 1.44 bits per heavy atom. The molecule has 0 saturated carbocycles. The van der Waals surface area contributed by atoms with E-state index in [0.29, 0.717) is 13.2 Å². The average Bonchev–Trinajstić information content (AvgIpc) is 2.31. The van der Waals surface area contributed by atoms with E-state index in [1.807, 2.05) is 13.8 Å². The third kappa shape index (κ3) is 4.85. The summed E-state index contributed by atoms with van der Waals surface area (Å²) >= 11 is 0. The van der Waals surface area contributed by atoms with E-state index in [1.54, 1.807) is 6.08 Å². The molecule has 18 heavy (non-hydrogen) atoms. The van der Waals surface area contributed by atoms with Crippen LogP contribution in [0.15, 0.2) is 12.2 Å². The van der Waals surface area contributed by atoms with Gasteiger partial charge in [0.1, 0.15) is 6.04 Å². The summed E-state index contributed by atoms with van der Waals surface area (Å²) in [6.07, 6.45) is 3.12. The second kappa shape index (κ2) is 7.13. The SMILES string of the molecule is CC(C)[C@H]1C=CC(=O)NCCOC[C@H](N)C(=O)N1. The van der Waals surface area contributed by atoms with E-state index in [9.17, 15) is 9.59 Å². The van der Waals surface area contributed by atoms with Crippen LogP contribution in [0.1, 0.15) is 13.8 Å². The molecule has 1 rings (SSSR count). The molecule has 0 radical (unpaired) electrons. The molecule has 2 amide bonds. The number of nitrogens with one attached hydrogen (secondary N) is 2. The molecule has 102 valence electrons. The van der Waals surface area contributed by atoms with Gasteiger partial charge in [0.15, 0.2) is 0 Å². The van der Waals surface area contributed by atoms with Crippen molar-refractivity contribution in [1.29, 1.82) is 0 Å². The van der Waals surface area contributed by atoms with Crippen molar-refractivity contribution in [1.82, 2.24) is 10.6 Å². The van der Waals surface area contributed by atoms with E-state index in [4.69, 9.17) is 10.5 Å². The molecule has 0 spiro atoms. The molecule has 0 aliphatic carbocycles. The number of rotatable bonds is 1. The van der Waals surface area contributed by atoms with Crippen LogP contribution in [0.25, 0.3) is 0 Å². The maximum Gasteiger partial charge on any atom is 0.243 e. The molecular formula is C12H21N3O3. The monoisotopic (exact) mass is 255 g/mol. The van der Waals surface area contributed by atoms with E-state index in [-0.39, 0.29) is 30.4 Å². The van der Waals surface area contributed by atoms with Crippen molar-refractivity contribution < 1.29 is 14.3 Å². The lowest BCUT2D eigenvalue weighted by Gasteiger charge is -2.22. The molecule has 0 unspecified atom stereocenters. The maximum atomic E-state index is 11.8. The van der Waals surface area contributed by atoms with E-state index in [0.717, 1.165) is 0 Å². The molecule has 0 aromatic heterocycles. The minimum absolute atomic E-state index is 0.149. The molecule has 6 heteroatoms. The van der Waals surface area contributed by atoms with Crippen molar-refractivity contribution in [2.24, 2.45) is 11.7 Å². The molecule has 0 fully saturated rings. The number of nitrogens with two attached hydrogens (primary N) is 1. The van der Waals surface area contributed by atoms with Gasteiger partial charge in [-0.3, -0.25) is 9.59 Å². The van der Waals surface area contributed by atoms with Gasteiger partial charge in [0, 0.05) is 18.7 Å². The summed E-state index contributed by atoms with van der Waals surface area (Å²) in [6.45, 7) is 4.82. The van der Waals surface area contributed by atoms with Gasteiger partial charge >= 0.3 is 0 Å². The molecule has 1 aliphatic heterocycles. The van der Waals surface area contributed by atoms with Crippen LogP contribution in [0.3, 0.4) is 0 Å². The number of hydrogen-bond donors (Lipinski definition) is 3. The highest BCUT2D eigenvalue weighted by Crippen LogP contribution is 2.04. The topological polar surface area (TPSA) is 93.4 Å². The number of hydrogen-bond acceptors (Lipinski definition) is 4. The van der Waals surface area contributed by atoms with Crippen LogP contribution in [0.2, 0.25) is 0 Å². The lowest BCUT2D eigenvalue weighted by Crippen LogP contribution is -2.49. The van der Waals surface area contributed by atoms with Gasteiger partial charge in [-0.1, -0.05) is 19.9 Å². The number of carbonyl (C=O) groups excluding carboxylic acids is 2. The van der Waals surface area contributed by atoms with Crippen LogP contribution in [-0.4, -0.2) is 43.7 Å². The summed E-state index contributed by atoms with van der Waals surface area (Å²) in [5.41, 5.74) is 5.70. The first-order chi connectivity index (χ1) is 8.50. The number of ether oxygens (including phenoxy) is 1. The van der Waals surface area contributed by atoms with Crippen LogP contribution in [0, 0.1) is 5.92 Å². The van der Waals surface area contributed by atoms with Gasteiger partial charge in [-0.05, 0) is 5.92 Å². The van der Waals surface area contributed by atoms with Gasteiger partial charge in [0.2, 0.25) is 11.8 Å². The summed E-state index contributed by atoms with van der Waals surface area (Å²) in [6, 6.07) is -0.900. The van der Waals surface area contributed by atoms with E-state index < -0.39 is 6.04 Å². The summed E-state index contributed by atoms with van der Waals surface area (Å²) in [7, 11) is 0. The summed E-state index contributed by atoms with van der Waals surface area (Å²) in [5.74, 6) is -0.281. The number of amides is 2. The van der Waals surface area contributed by atoms with Crippen molar-refractivity contribution in [3.63, 3.8) is 0 Å². The highest BCUT2D eigenvalue weighted by atomic mass is 16.5. The minimum atomic E-state index is -0.685. The Bertz CT molecular complexity index is 329. The van der Waals surface area contributed by atoms with Crippen molar-refractivity contribution in [2.45, 2.75) is 25.9 Å². The van der Waals surface area contributed by atoms with E-state index >= 15 is 0 Å². The van der Waals surface area contributed by atoms with Gasteiger partial charge in [0.05, 0.1) is 13.2 Å². The second-order valence-electron chi connectivity index (χ2n) is 4.61. The quantitative estimate of drug-likeness (QED) is 0.569. The Morgan fingerprint density at radius 2 is 2.17 bits per heavy atom. The van der Waals surface area contributed by atoms with Gasteiger partial charge in [-0.25, -0.2) is 0 Å². The van der Waals surface area contributed by atoms with Crippen molar-refractivity contribution >= 4 is 11.8 Å². The van der Waals surface area contributed by atoms with E-state index in [1.165, 1.54) is 6.08 Å². The molecule has 0 saturated heterocycles. The normalized spacial score (nSPS) is 27.1. The lowest BCUT2D eigenvalue weighted by molar-refractivity contribution is -0.124. The molecular weight excluding hydrogens is 234 g/mol. The fraction of sp³-hybridized carbons (Fsp3) is 0.667. The average molecular weight is 255 g/mol. The lowest BCUT2D eigenvalue weighted by atomic mass is 10.0. The third-order valence-corrected chi connectivity index (χ3v) is 2.66. The first-order valence-corrected chi connectivity index (χ1v) is 6.10. The first kappa shape index (κ1) is 14.7. The Kier molecular flexibility index (Phi) is 5.80. The van der Waals surface area contributed by atoms with Crippen molar-refractivity contribution in [2.75, 3.05) is 19.8 Å². The summed E-state index contributed by atoms with van der Waals surface area (Å²) < 4.78 is 5.21. The fourth-order valence-corrected chi connectivity index (χ4v) is 1.49. The molecule has 4 N–H and O–H groups in total. The van der Waals surface area contributed by atoms with Gasteiger partial charge in [-0.15, -0.1) is 0 Å². The smallest absolute Gasteiger partial charge is 0.243 e. The summed E-state index contributed by atoms with van der Waals surface area (Å²) in [4.78, 5) is 23.2. The predicted molar refractivity (Wildman–Crippen MR) is 67.7 cm³/mol. The molecule has 0 aromatic carbocycles. The summed E-state index contributed by atoms with van der Waals surface area (Å²) in [5, 5.41) is 5.48. The highest BCUT2D eigenvalue weighted by Gasteiger charge is 2.19. The van der Waals surface area contributed by atoms with Crippen LogP contribution in [0.5, 0.6) is 0 Å². The Labute approximate surface area is 107 Å². The zero-order valence-electron chi connectivity index (χ0n) is 10.8. The largest absolute Gasteiger partial charge is 0.377 e. The zero-order chi connectivity index (χ0) is 13.5. The maximum absolute atomic E-state index is 11.8.